The lowest BCUT2D eigenvalue weighted by atomic mass is 9.98. The van der Waals surface area contributed by atoms with Gasteiger partial charge in [-0.25, -0.2) is 4.98 Å². The van der Waals surface area contributed by atoms with E-state index in [9.17, 15) is 9.90 Å². The van der Waals surface area contributed by atoms with E-state index in [0.717, 1.165) is 16.5 Å². The number of hydrogen-bond acceptors (Lipinski definition) is 4. The number of pyridine rings is 1. The first-order valence-corrected chi connectivity index (χ1v) is 7.61. The Hall–Kier alpha value is -3.15. The summed E-state index contributed by atoms with van der Waals surface area (Å²) in [5, 5.41) is 15.6. The van der Waals surface area contributed by atoms with Crippen molar-refractivity contribution in [3.8, 4) is 0 Å². The third-order valence-corrected chi connectivity index (χ3v) is 4.35. The topological polar surface area (TPSA) is 71.2 Å². The number of fused-ring (bicyclic) bond motifs is 1. The summed E-state index contributed by atoms with van der Waals surface area (Å²) in [5.74, 6) is -0.664. The molecule has 1 amide bonds. The van der Waals surface area contributed by atoms with Crippen molar-refractivity contribution in [2.24, 2.45) is 7.05 Å². The summed E-state index contributed by atoms with van der Waals surface area (Å²) in [4.78, 5) is 18.5. The van der Waals surface area contributed by atoms with Gasteiger partial charge in [0.15, 0.2) is 5.76 Å². The van der Waals surface area contributed by atoms with Crippen LogP contribution in [0.5, 0.6) is 0 Å². The number of carbonyl (C=O) groups is 1. The highest BCUT2D eigenvalue weighted by Crippen LogP contribution is 2.41. The van der Waals surface area contributed by atoms with E-state index in [0.29, 0.717) is 11.3 Å². The van der Waals surface area contributed by atoms with Crippen molar-refractivity contribution in [3.05, 3.63) is 65.8 Å². The van der Waals surface area contributed by atoms with Gasteiger partial charge in [-0.1, -0.05) is 24.3 Å². The molecule has 0 fully saturated rings. The minimum absolute atomic E-state index is 0.255. The minimum Gasteiger partial charge on any atom is -0.503 e. The van der Waals surface area contributed by atoms with Gasteiger partial charge in [0, 0.05) is 31.2 Å². The third-order valence-electron chi connectivity index (χ3n) is 4.35. The molecule has 2 aromatic heterocycles. The first-order chi connectivity index (χ1) is 11.6. The van der Waals surface area contributed by atoms with Crippen LogP contribution in [0.4, 0.5) is 0 Å². The fourth-order valence-electron chi connectivity index (χ4n) is 3.17. The van der Waals surface area contributed by atoms with Gasteiger partial charge in [-0.3, -0.25) is 9.48 Å². The number of benzene rings is 1. The Kier molecular flexibility index (Phi) is 3.13. The monoisotopic (exact) mass is 320 g/mol. The molecule has 0 bridgehead atoms. The maximum atomic E-state index is 12.3. The molecule has 0 spiro atoms. The molecule has 6 heteroatoms. The van der Waals surface area contributed by atoms with Gasteiger partial charge < -0.3 is 10.0 Å². The number of aryl methyl sites for hydroxylation is 1. The van der Waals surface area contributed by atoms with E-state index < -0.39 is 11.9 Å². The average molecular weight is 320 g/mol. The van der Waals surface area contributed by atoms with Crippen molar-refractivity contribution < 1.29 is 9.90 Å². The van der Waals surface area contributed by atoms with Crippen molar-refractivity contribution in [2.75, 3.05) is 7.05 Å². The highest BCUT2D eigenvalue weighted by Gasteiger charge is 2.40. The number of aliphatic hydroxyl groups excluding tert-OH is 1. The number of aliphatic hydroxyl groups is 1. The molecular weight excluding hydrogens is 304 g/mol. The Balaban J connectivity index is 1.89. The summed E-state index contributed by atoms with van der Waals surface area (Å²) in [6.07, 6.45) is 3.54. The van der Waals surface area contributed by atoms with E-state index in [4.69, 9.17) is 0 Å². The van der Waals surface area contributed by atoms with E-state index in [2.05, 4.69) is 10.1 Å². The van der Waals surface area contributed by atoms with Crippen LogP contribution in [-0.4, -0.2) is 37.7 Å². The molecule has 4 rings (SSSR count). The average Bonchev–Trinajstić information content (AvgIpc) is 3.11. The standard InChI is InChI=1S/C18H16N4O2/c1-21-10-12(9-19-21)16-15(17(23)18(24)22(16)2)14-8-7-11-5-3-4-6-13(11)20-14/h3-10,16,23H,1-2H3/t16-/m1/s1. The van der Waals surface area contributed by atoms with Crippen LogP contribution in [-0.2, 0) is 11.8 Å². The molecule has 1 aliphatic heterocycles. The van der Waals surface area contributed by atoms with Gasteiger partial charge in [0.1, 0.15) is 0 Å². The molecule has 0 unspecified atom stereocenters. The second-order valence-corrected chi connectivity index (χ2v) is 5.92. The largest absolute Gasteiger partial charge is 0.503 e. The predicted octanol–water partition coefficient (Wildman–Crippen LogP) is 2.45. The number of rotatable bonds is 2. The van der Waals surface area contributed by atoms with E-state index >= 15 is 0 Å². The molecule has 3 aromatic rings. The molecule has 6 nitrogen and oxygen atoms in total. The maximum Gasteiger partial charge on any atom is 0.289 e. The second-order valence-electron chi connectivity index (χ2n) is 5.92. The SMILES string of the molecule is CN1C(=O)C(O)=C(c2ccc3ccccc3n2)[C@H]1c1cnn(C)c1. The van der Waals surface area contributed by atoms with Crippen molar-refractivity contribution in [3.63, 3.8) is 0 Å². The van der Waals surface area contributed by atoms with Crippen molar-refractivity contribution in [2.45, 2.75) is 6.04 Å². The van der Waals surface area contributed by atoms with Gasteiger partial charge >= 0.3 is 0 Å². The Bertz CT molecular complexity index is 989. The van der Waals surface area contributed by atoms with Crippen LogP contribution in [0.2, 0.25) is 0 Å². The van der Waals surface area contributed by atoms with Crippen LogP contribution < -0.4 is 0 Å². The quantitative estimate of drug-likeness (QED) is 0.787. The Morgan fingerprint density at radius 1 is 1.12 bits per heavy atom. The fourth-order valence-corrected chi connectivity index (χ4v) is 3.17. The number of aromatic nitrogens is 3. The summed E-state index contributed by atoms with van der Waals surface area (Å²) in [6, 6.07) is 11.1. The smallest absolute Gasteiger partial charge is 0.289 e. The summed E-state index contributed by atoms with van der Waals surface area (Å²) >= 11 is 0. The van der Waals surface area contributed by atoms with Gasteiger partial charge in [-0.05, 0) is 12.1 Å². The highest BCUT2D eigenvalue weighted by molar-refractivity contribution is 6.05. The number of carbonyl (C=O) groups excluding carboxylic acids is 1. The molecule has 24 heavy (non-hydrogen) atoms. The summed E-state index contributed by atoms with van der Waals surface area (Å²) < 4.78 is 1.68. The van der Waals surface area contributed by atoms with Gasteiger partial charge in [-0.2, -0.15) is 5.10 Å². The molecule has 1 aromatic carbocycles. The van der Waals surface area contributed by atoms with E-state index in [-0.39, 0.29) is 5.76 Å². The second kappa shape index (κ2) is 5.19. The molecule has 1 aliphatic rings. The number of amides is 1. The van der Waals surface area contributed by atoms with Crippen molar-refractivity contribution in [1.82, 2.24) is 19.7 Å². The summed E-state index contributed by atoms with van der Waals surface area (Å²) in [5.41, 5.74) is 2.77. The van der Waals surface area contributed by atoms with Gasteiger partial charge in [-0.15, -0.1) is 0 Å². The first kappa shape index (κ1) is 14.4. The molecule has 1 N–H and O–H groups in total. The molecule has 0 radical (unpaired) electrons. The van der Waals surface area contributed by atoms with Crippen LogP contribution in [0.3, 0.4) is 0 Å². The molecule has 120 valence electrons. The Labute approximate surface area is 138 Å². The maximum absolute atomic E-state index is 12.3. The van der Waals surface area contributed by atoms with E-state index in [1.807, 2.05) is 49.6 Å². The van der Waals surface area contributed by atoms with Crippen molar-refractivity contribution in [1.29, 1.82) is 0 Å². The summed E-state index contributed by atoms with van der Waals surface area (Å²) in [7, 11) is 3.49. The lowest BCUT2D eigenvalue weighted by molar-refractivity contribution is -0.128. The zero-order valence-corrected chi connectivity index (χ0v) is 13.3. The van der Waals surface area contributed by atoms with Crippen LogP contribution in [0.15, 0.2) is 54.6 Å². The molecule has 0 saturated heterocycles. The fraction of sp³-hybridized carbons (Fsp3) is 0.167. The third kappa shape index (κ3) is 2.07. The van der Waals surface area contributed by atoms with Crippen LogP contribution >= 0.6 is 0 Å². The lowest BCUT2D eigenvalue weighted by Crippen LogP contribution is -2.25. The first-order valence-electron chi connectivity index (χ1n) is 7.61. The molecule has 1 atom stereocenters. The Morgan fingerprint density at radius 2 is 1.92 bits per heavy atom. The van der Waals surface area contributed by atoms with Crippen LogP contribution in [0.25, 0.3) is 16.5 Å². The lowest BCUT2D eigenvalue weighted by Gasteiger charge is -2.21. The highest BCUT2D eigenvalue weighted by atomic mass is 16.3. The number of nitrogens with zero attached hydrogens (tertiary/aromatic N) is 4. The number of likely N-dealkylation sites (N-methyl/N-ethyl adjacent to an activating group) is 1. The molecule has 0 aliphatic carbocycles. The van der Waals surface area contributed by atoms with Gasteiger partial charge in [0.05, 0.1) is 29.0 Å². The van der Waals surface area contributed by atoms with Crippen molar-refractivity contribution >= 4 is 22.4 Å². The zero-order valence-electron chi connectivity index (χ0n) is 13.3. The molecule has 3 heterocycles. The van der Waals surface area contributed by atoms with E-state index in [1.54, 1.807) is 17.9 Å². The molecular formula is C18H16N4O2. The molecule has 0 saturated carbocycles. The van der Waals surface area contributed by atoms with Crippen LogP contribution in [0.1, 0.15) is 17.3 Å². The normalized spacial score (nSPS) is 18.0. The Morgan fingerprint density at radius 3 is 2.67 bits per heavy atom. The zero-order chi connectivity index (χ0) is 16.8. The van der Waals surface area contributed by atoms with Crippen LogP contribution in [0, 0.1) is 0 Å². The number of hydrogen-bond donors (Lipinski definition) is 1. The minimum atomic E-state index is -0.409. The van der Waals surface area contributed by atoms with Gasteiger partial charge in [0.25, 0.3) is 5.91 Å². The predicted molar refractivity (Wildman–Crippen MR) is 90.0 cm³/mol. The van der Waals surface area contributed by atoms with E-state index in [1.165, 1.54) is 4.90 Å². The summed E-state index contributed by atoms with van der Waals surface area (Å²) in [6.45, 7) is 0. The number of para-hydroxylation sites is 1. The van der Waals surface area contributed by atoms with Gasteiger partial charge in [0.2, 0.25) is 0 Å².